The molecule has 2 aromatic carbocycles. The molecule has 0 saturated heterocycles. The van der Waals surface area contributed by atoms with Gasteiger partial charge in [0.1, 0.15) is 5.75 Å². The smallest absolute Gasteiger partial charge is 0.119 e. The van der Waals surface area contributed by atoms with E-state index in [9.17, 15) is 0 Å². The number of nitrogens with one attached hydrogen (secondary N) is 1. The molecule has 0 aliphatic carbocycles. The first-order valence-corrected chi connectivity index (χ1v) is 7.72. The van der Waals surface area contributed by atoms with Gasteiger partial charge < -0.3 is 10.1 Å². The van der Waals surface area contributed by atoms with E-state index in [0.29, 0.717) is 6.61 Å². The quantitative estimate of drug-likeness (QED) is 0.805. The molecule has 0 heterocycles. The first-order chi connectivity index (χ1) is 9.69. The van der Waals surface area contributed by atoms with Crippen LogP contribution in [0.5, 0.6) is 5.75 Å². The molecule has 1 N–H and O–H groups in total. The number of halogens is 2. The lowest BCUT2D eigenvalue weighted by Crippen LogP contribution is -2.12. The minimum Gasteiger partial charge on any atom is -0.494 e. The number of rotatable bonds is 6. The van der Waals surface area contributed by atoms with Gasteiger partial charge in [-0.2, -0.15) is 0 Å². The van der Waals surface area contributed by atoms with E-state index in [1.165, 1.54) is 11.1 Å². The molecule has 2 aromatic rings. The van der Waals surface area contributed by atoms with Gasteiger partial charge in [-0.1, -0.05) is 29.8 Å². The van der Waals surface area contributed by atoms with E-state index < -0.39 is 0 Å². The molecule has 0 bridgehead atoms. The minimum atomic E-state index is 0.690. The summed E-state index contributed by atoms with van der Waals surface area (Å²) in [7, 11) is 0. The van der Waals surface area contributed by atoms with Crippen LogP contribution < -0.4 is 10.1 Å². The second-order valence-corrected chi connectivity index (χ2v) is 5.69. The van der Waals surface area contributed by atoms with Crippen molar-refractivity contribution in [3.8, 4) is 5.75 Å². The fourth-order valence-corrected chi connectivity index (χ4v) is 2.46. The molecular formula is C16H17BrClNO. The fraction of sp³-hybridized carbons (Fsp3) is 0.250. The van der Waals surface area contributed by atoms with Gasteiger partial charge >= 0.3 is 0 Å². The molecule has 0 fully saturated rings. The summed E-state index contributed by atoms with van der Waals surface area (Å²) in [5, 5.41) is 4.15. The van der Waals surface area contributed by atoms with Crippen LogP contribution >= 0.6 is 27.5 Å². The van der Waals surface area contributed by atoms with Crippen molar-refractivity contribution < 1.29 is 4.74 Å². The lowest BCUT2D eigenvalue weighted by Gasteiger charge is -2.08. The van der Waals surface area contributed by atoms with Crippen molar-refractivity contribution in [2.45, 2.75) is 20.0 Å². The summed E-state index contributed by atoms with van der Waals surface area (Å²) in [6.07, 6.45) is 0. The third-order valence-electron chi connectivity index (χ3n) is 2.85. The summed E-state index contributed by atoms with van der Waals surface area (Å²) >= 11 is 9.41. The Hall–Kier alpha value is -1.03. The average molecular weight is 355 g/mol. The Balaban J connectivity index is 1.89. The molecule has 0 spiro atoms. The number of ether oxygens (including phenoxy) is 1. The maximum Gasteiger partial charge on any atom is 0.119 e. The second kappa shape index (κ2) is 7.67. The van der Waals surface area contributed by atoms with Crippen LogP contribution in [-0.2, 0) is 13.1 Å². The Bertz CT molecular complexity index is 574. The maximum atomic E-state index is 5.98. The molecule has 2 rings (SSSR count). The largest absolute Gasteiger partial charge is 0.494 e. The van der Waals surface area contributed by atoms with Crippen LogP contribution in [0.1, 0.15) is 18.1 Å². The van der Waals surface area contributed by atoms with Crippen LogP contribution in [0.25, 0.3) is 0 Å². The van der Waals surface area contributed by atoms with Crippen LogP contribution in [0.2, 0.25) is 5.02 Å². The molecule has 106 valence electrons. The molecule has 0 amide bonds. The van der Waals surface area contributed by atoms with E-state index in [2.05, 4.69) is 33.4 Å². The van der Waals surface area contributed by atoms with Crippen molar-refractivity contribution in [3.05, 3.63) is 63.1 Å². The van der Waals surface area contributed by atoms with Crippen molar-refractivity contribution >= 4 is 27.5 Å². The van der Waals surface area contributed by atoms with E-state index in [1.54, 1.807) is 0 Å². The molecule has 2 nitrogen and oxygen atoms in total. The van der Waals surface area contributed by atoms with Crippen molar-refractivity contribution in [1.82, 2.24) is 5.32 Å². The van der Waals surface area contributed by atoms with Crippen molar-refractivity contribution in [2.24, 2.45) is 0 Å². The van der Waals surface area contributed by atoms with Crippen molar-refractivity contribution in [1.29, 1.82) is 0 Å². The van der Waals surface area contributed by atoms with Gasteiger partial charge in [-0.3, -0.25) is 0 Å². The lowest BCUT2D eigenvalue weighted by molar-refractivity contribution is 0.340. The summed E-state index contributed by atoms with van der Waals surface area (Å²) in [6, 6.07) is 14.1. The first-order valence-electron chi connectivity index (χ1n) is 6.55. The van der Waals surface area contributed by atoms with Crippen LogP contribution in [0.3, 0.4) is 0 Å². The first kappa shape index (κ1) is 15.4. The highest BCUT2D eigenvalue weighted by atomic mass is 79.9. The molecule has 20 heavy (non-hydrogen) atoms. The van der Waals surface area contributed by atoms with Gasteiger partial charge in [-0.25, -0.2) is 0 Å². The summed E-state index contributed by atoms with van der Waals surface area (Å²) in [4.78, 5) is 0. The Kier molecular flexibility index (Phi) is 5.89. The standard InChI is InChI=1S/C16H17BrClNO/c1-2-20-14-5-3-4-12(8-14)10-19-11-13-6-7-16(18)15(17)9-13/h3-9,19H,2,10-11H2,1H3. The van der Waals surface area contributed by atoms with E-state index in [4.69, 9.17) is 16.3 Å². The van der Waals surface area contributed by atoms with Gasteiger partial charge in [0, 0.05) is 17.6 Å². The Labute approximate surface area is 133 Å². The molecule has 0 aromatic heterocycles. The molecule has 0 radical (unpaired) electrons. The number of hydrogen-bond donors (Lipinski definition) is 1. The maximum absolute atomic E-state index is 5.98. The van der Waals surface area contributed by atoms with Crippen molar-refractivity contribution in [3.63, 3.8) is 0 Å². The molecule has 0 unspecified atom stereocenters. The van der Waals surface area contributed by atoms with Gasteiger partial charge in [0.05, 0.1) is 11.6 Å². The van der Waals surface area contributed by atoms with E-state index in [0.717, 1.165) is 28.3 Å². The second-order valence-electron chi connectivity index (χ2n) is 4.43. The number of benzene rings is 2. The monoisotopic (exact) mass is 353 g/mol. The topological polar surface area (TPSA) is 21.3 Å². The zero-order chi connectivity index (χ0) is 14.4. The van der Waals surface area contributed by atoms with Gasteiger partial charge in [-0.05, 0) is 58.2 Å². The van der Waals surface area contributed by atoms with E-state index in [1.807, 2.05) is 37.3 Å². The predicted octanol–water partition coefficient (Wildman–Crippen LogP) is 4.79. The summed E-state index contributed by atoms with van der Waals surface area (Å²) in [5.41, 5.74) is 2.41. The highest BCUT2D eigenvalue weighted by molar-refractivity contribution is 9.10. The van der Waals surface area contributed by atoms with Crippen LogP contribution in [0.4, 0.5) is 0 Å². The molecule has 0 saturated carbocycles. The zero-order valence-electron chi connectivity index (χ0n) is 11.3. The zero-order valence-corrected chi connectivity index (χ0v) is 13.7. The molecule has 4 heteroatoms. The molecule has 0 aliphatic rings. The summed E-state index contributed by atoms with van der Waals surface area (Å²) in [5.74, 6) is 0.918. The highest BCUT2D eigenvalue weighted by Crippen LogP contribution is 2.23. The molecular weight excluding hydrogens is 338 g/mol. The van der Waals surface area contributed by atoms with Gasteiger partial charge in [0.25, 0.3) is 0 Å². The number of hydrogen-bond acceptors (Lipinski definition) is 2. The Morgan fingerprint density at radius 3 is 2.55 bits per heavy atom. The Morgan fingerprint density at radius 2 is 1.85 bits per heavy atom. The summed E-state index contributed by atoms with van der Waals surface area (Å²) in [6.45, 7) is 4.29. The summed E-state index contributed by atoms with van der Waals surface area (Å²) < 4.78 is 6.42. The lowest BCUT2D eigenvalue weighted by atomic mass is 10.2. The fourth-order valence-electron chi connectivity index (χ4n) is 1.91. The normalized spacial score (nSPS) is 10.6. The van der Waals surface area contributed by atoms with Crippen molar-refractivity contribution in [2.75, 3.05) is 6.61 Å². The average Bonchev–Trinajstić information content (AvgIpc) is 2.44. The van der Waals surface area contributed by atoms with Crippen LogP contribution in [0.15, 0.2) is 46.9 Å². The predicted molar refractivity (Wildman–Crippen MR) is 87.3 cm³/mol. The highest BCUT2D eigenvalue weighted by Gasteiger charge is 2.00. The van der Waals surface area contributed by atoms with E-state index >= 15 is 0 Å². The third kappa shape index (κ3) is 4.51. The van der Waals surface area contributed by atoms with Crippen LogP contribution in [0, 0.1) is 0 Å². The Morgan fingerprint density at radius 1 is 1.10 bits per heavy atom. The third-order valence-corrected chi connectivity index (χ3v) is 4.07. The SMILES string of the molecule is CCOc1cccc(CNCc2ccc(Cl)c(Br)c2)c1. The molecule has 0 aliphatic heterocycles. The van der Waals surface area contributed by atoms with Crippen LogP contribution in [-0.4, -0.2) is 6.61 Å². The van der Waals surface area contributed by atoms with Gasteiger partial charge in [-0.15, -0.1) is 0 Å². The van der Waals surface area contributed by atoms with Gasteiger partial charge in [0.2, 0.25) is 0 Å². The molecule has 0 atom stereocenters. The minimum absolute atomic E-state index is 0.690. The van der Waals surface area contributed by atoms with Gasteiger partial charge in [0.15, 0.2) is 0 Å². The van der Waals surface area contributed by atoms with E-state index in [-0.39, 0.29) is 0 Å².